The molecule has 0 bridgehead atoms. The second-order valence-electron chi connectivity index (χ2n) is 8.03. The van der Waals surface area contributed by atoms with Gasteiger partial charge in [-0.25, -0.2) is 0 Å². The second kappa shape index (κ2) is 8.99. The van der Waals surface area contributed by atoms with E-state index in [2.05, 4.69) is 11.4 Å². The number of nitrogens with zero attached hydrogens (tertiary/aromatic N) is 2. The van der Waals surface area contributed by atoms with Crippen LogP contribution in [-0.4, -0.2) is 47.9 Å². The zero-order chi connectivity index (χ0) is 21.1. The monoisotopic (exact) mass is 414 g/mol. The van der Waals surface area contributed by atoms with Gasteiger partial charge in [0.25, 0.3) is 0 Å². The van der Waals surface area contributed by atoms with Crippen LogP contribution in [0, 0.1) is 5.92 Å². The lowest BCUT2D eigenvalue weighted by atomic mass is 9.93. The number of rotatable bonds is 6. The number of methoxy groups -OCH3 is 1. The van der Waals surface area contributed by atoms with Crippen molar-refractivity contribution in [2.45, 2.75) is 46.2 Å². The maximum Gasteiger partial charge on any atom is 0.243 e. The lowest BCUT2D eigenvalue weighted by Gasteiger charge is -2.38. The second-order valence-corrected chi connectivity index (χ2v) is 9.03. The highest BCUT2D eigenvalue weighted by atomic mass is 32.1. The fraction of sp³-hybridized carbons (Fsp3) is 0.478. The van der Waals surface area contributed by atoms with E-state index in [0.29, 0.717) is 6.54 Å². The molecule has 0 N–H and O–H groups in total. The van der Waals surface area contributed by atoms with Crippen LogP contribution in [0.3, 0.4) is 0 Å². The van der Waals surface area contributed by atoms with Gasteiger partial charge in [-0.2, -0.15) is 0 Å². The number of thiophene rings is 1. The van der Waals surface area contributed by atoms with Gasteiger partial charge < -0.3 is 14.5 Å². The first-order chi connectivity index (χ1) is 13.8. The third kappa shape index (κ3) is 4.47. The number of hydrogen-bond donors (Lipinski definition) is 0. The molecule has 1 aromatic heterocycles. The van der Waals surface area contributed by atoms with Crippen molar-refractivity contribution in [3.63, 3.8) is 0 Å². The summed E-state index contributed by atoms with van der Waals surface area (Å²) in [5.74, 6) is 0.668. The van der Waals surface area contributed by atoms with Crippen LogP contribution in [0.25, 0.3) is 0 Å². The maximum atomic E-state index is 13.4. The van der Waals surface area contributed by atoms with Gasteiger partial charge in [-0.3, -0.25) is 9.59 Å². The van der Waals surface area contributed by atoms with Gasteiger partial charge >= 0.3 is 0 Å². The fourth-order valence-electron chi connectivity index (χ4n) is 3.81. The van der Waals surface area contributed by atoms with Crippen LogP contribution in [0.2, 0.25) is 0 Å². The van der Waals surface area contributed by atoms with Crippen LogP contribution in [0.5, 0.6) is 5.75 Å². The fourth-order valence-corrected chi connectivity index (χ4v) is 4.72. The maximum absolute atomic E-state index is 13.4. The Balaban J connectivity index is 1.91. The Morgan fingerprint density at radius 1 is 1.17 bits per heavy atom. The number of amides is 2. The lowest BCUT2D eigenvalue weighted by molar-refractivity contribution is -0.145. The molecule has 0 saturated heterocycles. The van der Waals surface area contributed by atoms with Gasteiger partial charge in [0.2, 0.25) is 11.8 Å². The molecule has 0 fully saturated rings. The predicted molar refractivity (Wildman–Crippen MR) is 116 cm³/mol. The quantitative estimate of drug-likeness (QED) is 0.714. The summed E-state index contributed by atoms with van der Waals surface area (Å²) in [6.07, 6.45) is 0.852. The molecule has 6 heteroatoms. The van der Waals surface area contributed by atoms with E-state index in [4.69, 9.17) is 4.74 Å². The highest BCUT2D eigenvalue weighted by Gasteiger charge is 2.34. The van der Waals surface area contributed by atoms with E-state index in [1.807, 2.05) is 56.9 Å². The summed E-state index contributed by atoms with van der Waals surface area (Å²) < 4.78 is 5.29. The summed E-state index contributed by atoms with van der Waals surface area (Å²) in [5, 5.41) is 2.10. The number of carbonyl (C=O) groups excluding carboxylic acids is 2. The summed E-state index contributed by atoms with van der Waals surface area (Å²) in [4.78, 5) is 31.0. The molecule has 2 heterocycles. The first kappa shape index (κ1) is 21.4. The molecule has 5 nitrogen and oxygen atoms in total. The topological polar surface area (TPSA) is 49.9 Å². The Morgan fingerprint density at radius 2 is 1.86 bits per heavy atom. The Hall–Kier alpha value is -2.34. The van der Waals surface area contributed by atoms with Crippen molar-refractivity contribution < 1.29 is 14.3 Å². The third-order valence-electron chi connectivity index (χ3n) is 5.42. The summed E-state index contributed by atoms with van der Waals surface area (Å²) >= 11 is 1.75. The summed E-state index contributed by atoms with van der Waals surface area (Å²) in [6.45, 7) is 8.44. The average molecular weight is 415 g/mol. The van der Waals surface area contributed by atoms with E-state index >= 15 is 0 Å². The molecule has 1 aliphatic rings. The third-order valence-corrected chi connectivity index (χ3v) is 6.42. The van der Waals surface area contributed by atoms with Crippen LogP contribution < -0.4 is 4.74 Å². The largest absolute Gasteiger partial charge is 0.497 e. The van der Waals surface area contributed by atoms with E-state index < -0.39 is 0 Å². The number of ether oxygens (including phenoxy) is 1. The van der Waals surface area contributed by atoms with Gasteiger partial charge in [0.15, 0.2) is 0 Å². The van der Waals surface area contributed by atoms with E-state index in [1.165, 1.54) is 10.4 Å². The SMILES string of the molecule is COc1ccc([C@@H]2c3ccsc3CCN2C(=O)CN(C(=O)C(C)C)C(C)C)cc1. The summed E-state index contributed by atoms with van der Waals surface area (Å²) in [6, 6.07) is 9.88. The van der Waals surface area contributed by atoms with E-state index in [0.717, 1.165) is 17.7 Å². The molecule has 1 aromatic carbocycles. The molecule has 0 aliphatic carbocycles. The molecule has 1 aliphatic heterocycles. The van der Waals surface area contributed by atoms with E-state index in [-0.39, 0.29) is 36.4 Å². The Labute approximate surface area is 177 Å². The minimum Gasteiger partial charge on any atom is -0.497 e. The molecule has 0 radical (unpaired) electrons. The lowest BCUT2D eigenvalue weighted by Crippen LogP contribution is -2.49. The minimum atomic E-state index is -0.133. The normalized spacial score (nSPS) is 16.1. The standard InChI is InChI=1S/C23H30N2O3S/c1-15(2)23(27)25(16(3)4)14-21(26)24-12-10-20-19(11-13-29-20)22(24)17-6-8-18(28-5)9-7-17/h6-9,11,13,15-16,22H,10,12,14H2,1-5H3/t22-/m1/s1. The van der Waals surface area contributed by atoms with Crippen molar-refractivity contribution in [3.8, 4) is 5.75 Å². The van der Waals surface area contributed by atoms with E-state index in [9.17, 15) is 9.59 Å². The van der Waals surface area contributed by atoms with Crippen molar-refractivity contribution >= 4 is 23.2 Å². The van der Waals surface area contributed by atoms with Gasteiger partial charge in [0.1, 0.15) is 12.3 Å². The Bertz CT molecular complexity index is 857. The molecule has 1 atom stereocenters. The molecule has 29 heavy (non-hydrogen) atoms. The predicted octanol–water partition coefficient (Wildman–Crippen LogP) is 4.12. The van der Waals surface area contributed by atoms with Crippen molar-refractivity contribution in [1.82, 2.24) is 9.80 Å². The Morgan fingerprint density at radius 3 is 2.45 bits per heavy atom. The minimum absolute atomic E-state index is 0.00892. The summed E-state index contributed by atoms with van der Waals surface area (Å²) in [7, 11) is 1.65. The van der Waals surface area contributed by atoms with Crippen molar-refractivity contribution in [1.29, 1.82) is 0 Å². The molecule has 2 aromatic rings. The van der Waals surface area contributed by atoms with Crippen LogP contribution in [0.15, 0.2) is 35.7 Å². The van der Waals surface area contributed by atoms with Crippen LogP contribution in [0.1, 0.15) is 49.7 Å². The molecule has 3 rings (SSSR count). The van der Waals surface area contributed by atoms with Gasteiger partial charge in [-0.15, -0.1) is 11.3 Å². The zero-order valence-electron chi connectivity index (χ0n) is 17.8. The number of hydrogen-bond acceptors (Lipinski definition) is 4. The first-order valence-corrected chi connectivity index (χ1v) is 11.0. The first-order valence-electron chi connectivity index (χ1n) is 10.1. The number of carbonyl (C=O) groups is 2. The van der Waals surface area contributed by atoms with E-state index in [1.54, 1.807) is 23.3 Å². The molecule has 2 amide bonds. The Kier molecular flexibility index (Phi) is 6.63. The smallest absolute Gasteiger partial charge is 0.243 e. The highest BCUT2D eigenvalue weighted by molar-refractivity contribution is 7.10. The number of fused-ring (bicyclic) bond motifs is 1. The molecular weight excluding hydrogens is 384 g/mol. The van der Waals surface area contributed by atoms with Gasteiger partial charge in [0, 0.05) is 23.4 Å². The van der Waals surface area contributed by atoms with Crippen molar-refractivity contribution in [2.24, 2.45) is 5.92 Å². The molecule has 0 saturated carbocycles. The van der Waals surface area contributed by atoms with Crippen LogP contribution in [0.4, 0.5) is 0 Å². The summed E-state index contributed by atoms with van der Waals surface area (Å²) in [5.41, 5.74) is 2.25. The zero-order valence-corrected chi connectivity index (χ0v) is 18.7. The highest BCUT2D eigenvalue weighted by Crippen LogP contribution is 2.38. The number of benzene rings is 1. The molecular formula is C23H30N2O3S. The molecule has 0 spiro atoms. The van der Waals surface area contributed by atoms with Gasteiger partial charge in [-0.05, 0) is 55.0 Å². The van der Waals surface area contributed by atoms with Gasteiger partial charge in [0.05, 0.1) is 13.2 Å². The van der Waals surface area contributed by atoms with Crippen LogP contribution in [-0.2, 0) is 16.0 Å². The van der Waals surface area contributed by atoms with Gasteiger partial charge in [-0.1, -0.05) is 26.0 Å². The van der Waals surface area contributed by atoms with Crippen molar-refractivity contribution in [2.75, 3.05) is 20.2 Å². The van der Waals surface area contributed by atoms with Crippen molar-refractivity contribution in [3.05, 3.63) is 51.7 Å². The van der Waals surface area contributed by atoms with Crippen LogP contribution >= 0.6 is 11.3 Å². The molecule has 156 valence electrons. The molecule has 0 unspecified atom stereocenters. The average Bonchev–Trinajstić information content (AvgIpc) is 3.19.